The maximum Gasteiger partial charge on any atom is 0.200 e. The van der Waals surface area contributed by atoms with Crippen molar-refractivity contribution in [2.45, 2.75) is 20.0 Å². The molecule has 0 aliphatic carbocycles. The summed E-state index contributed by atoms with van der Waals surface area (Å²) in [5.41, 5.74) is -14.3. The monoisotopic (exact) mass is 800 g/mol. The van der Waals surface area contributed by atoms with E-state index in [0.717, 1.165) is 0 Å². The Bertz CT molecular complexity index is 1700. The Balaban J connectivity index is 0.000000944. The lowest BCUT2D eigenvalue weighted by atomic mass is 9.12. The zero-order valence-electron chi connectivity index (χ0n) is 25.5. The van der Waals surface area contributed by atoms with Crippen LogP contribution < -0.4 is 21.9 Å². The molecular weight excluding hydrogens is 787 g/mol. The minimum Gasteiger partial charge on any atom is -0.207 e. The molecule has 23 heteroatoms. The molecule has 0 amide bonds. The summed E-state index contributed by atoms with van der Waals surface area (Å²) in [6, 6.07) is 0. The van der Waals surface area contributed by atoms with Gasteiger partial charge in [-0.2, -0.15) is 4.18 Å². The lowest BCUT2D eigenvalue weighted by molar-refractivity contribution is 0.282. The van der Waals surface area contributed by atoms with Crippen molar-refractivity contribution in [3.8, 4) is 0 Å². The first kappa shape index (κ1) is 42.3. The Morgan fingerprint density at radius 2 is 0.442 bits per heavy atom. The van der Waals surface area contributed by atoms with Crippen molar-refractivity contribution < 1.29 is 92.0 Å². The van der Waals surface area contributed by atoms with Crippen molar-refractivity contribution in [3.05, 3.63) is 116 Å². The summed E-state index contributed by atoms with van der Waals surface area (Å²) in [5.74, 6) is -71.4. The summed E-state index contributed by atoms with van der Waals surface area (Å²) in [6.45, 7) is 4.10. The number of halogens is 20. The van der Waals surface area contributed by atoms with Crippen LogP contribution in [0.1, 0.15) is 13.8 Å². The molecule has 0 saturated heterocycles. The van der Waals surface area contributed by atoms with Gasteiger partial charge in [0, 0.05) is 0 Å². The quantitative estimate of drug-likeness (QED) is 0.0669. The second-order valence-corrected chi connectivity index (χ2v) is 12.4. The predicted octanol–water partition coefficient (Wildman–Crippen LogP) is 7.05. The van der Waals surface area contributed by atoms with Gasteiger partial charge in [-0.25, -0.2) is 87.8 Å². The van der Waals surface area contributed by atoms with Crippen molar-refractivity contribution in [2.24, 2.45) is 0 Å². The largest absolute Gasteiger partial charge is 0.207 e. The van der Waals surface area contributed by atoms with Gasteiger partial charge in [-0.1, -0.05) is 0 Å². The van der Waals surface area contributed by atoms with Crippen LogP contribution in [-0.2, 0) is 15.4 Å². The fraction of sp³-hybridized carbons (Fsp3) is 0.172. The van der Waals surface area contributed by atoms with Gasteiger partial charge < -0.3 is 0 Å². The van der Waals surface area contributed by atoms with Crippen LogP contribution in [0, 0.1) is 116 Å². The maximum atomic E-state index is 15.4. The summed E-state index contributed by atoms with van der Waals surface area (Å²) in [5, 5.41) is 0. The maximum absolute atomic E-state index is 15.4. The van der Waals surface area contributed by atoms with Crippen LogP contribution in [0.5, 0.6) is 0 Å². The van der Waals surface area contributed by atoms with E-state index in [2.05, 4.69) is 12.5 Å². The van der Waals surface area contributed by atoms with Crippen LogP contribution >= 0.6 is 0 Å². The van der Waals surface area contributed by atoms with Crippen molar-refractivity contribution in [3.63, 3.8) is 0 Å². The molecular formula is C29H13BF20OS. The zero-order valence-corrected chi connectivity index (χ0v) is 26.3. The average molecular weight is 800 g/mol. The first-order chi connectivity index (χ1) is 23.8. The van der Waals surface area contributed by atoms with Gasteiger partial charge in [-0.15, -0.1) is 21.9 Å². The fourth-order valence-corrected chi connectivity index (χ4v) is 6.03. The second kappa shape index (κ2) is 15.1. The molecule has 4 aromatic carbocycles. The highest BCUT2D eigenvalue weighted by Crippen LogP contribution is 2.30. The van der Waals surface area contributed by atoms with Crippen LogP contribution in [0.2, 0.25) is 0 Å². The number of hydrogen-bond acceptors (Lipinski definition) is 1. The van der Waals surface area contributed by atoms with E-state index in [4.69, 9.17) is 4.18 Å². The normalized spacial score (nSPS) is 11.9. The molecule has 0 atom stereocenters. The van der Waals surface area contributed by atoms with Gasteiger partial charge in [0.25, 0.3) is 0 Å². The molecule has 0 saturated carbocycles. The molecule has 0 bridgehead atoms. The van der Waals surface area contributed by atoms with E-state index >= 15 is 35.1 Å². The molecule has 0 aliphatic heterocycles. The highest BCUT2D eigenvalue weighted by atomic mass is 32.2. The smallest absolute Gasteiger partial charge is 0.200 e. The van der Waals surface area contributed by atoms with Crippen molar-refractivity contribution in [1.29, 1.82) is 0 Å². The minimum atomic E-state index is -7.22. The first-order valence-corrected chi connectivity index (χ1v) is 15.3. The standard InChI is InChI=1S/C24BF20.C5H13OS/c26-5-1(6(27)14(35)21(42)13(5)34)25(2-7(28)15(36)22(43)16(37)8(2)29,3-9(30)17(38)23(44)18(39)10(3)31)4-11(32)19(40)24(45)20(41)12(4)33;1-5(2)6-7(3)4/h;5H,1-4H3/q-1;+1. The van der Waals surface area contributed by atoms with E-state index in [0.29, 0.717) is 6.10 Å². The Labute approximate surface area is 280 Å². The summed E-state index contributed by atoms with van der Waals surface area (Å²) in [7, 11) is 0. The van der Waals surface area contributed by atoms with Gasteiger partial charge in [0.1, 0.15) is 82.5 Å². The molecule has 0 unspecified atom stereocenters. The number of benzene rings is 4. The van der Waals surface area contributed by atoms with Gasteiger partial charge in [0.2, 0.25) is 0 Å². The van der Waals surface area contributed by atoms with E-state index < -0.39 is 144 Å². The van der Waals surface area contributed by atoms with Crippen LogP contribution in [0.15, 0.2) is 0 Å². The van der Waals surface area contributed by atoms with Gasteiger partial charge >= 0.3 is 0 Å². The highest BCUT2D eigenvalue weighted by molar-refractivity contribution is 7.90. The molecule has 284 valence electrons. The van der Waals surface area contributed by atoms with Crippen LogP contribution in [-0.4, -0.2) is 24.8 Å². The van der Waals surface area contributed by atoms with E-state index in [1.54, 1.807) is 0 Å². The summed E-state index contributed by atoms with van der Waals surface area (Å²) in [6.07, 6.45) is -2.69. The van der Waals surface area contributed by atoms with Crippen molar-refractivity contribution in [1.82, 2.24) is 0 Å². The van der Waals surface area contributed by atoms with E-state index in [-0.39, 0.29) is 11.2 Å². The summed E-state index contributed by atoms with van der Waals surface area (Å²) in [4.78, 5) is 0. The molecule has 0 N–H and O–H groups in total. The molecule has 1 nitrogen and oxygen atoms in total. The first-order valence-electron chi connectivity index (χ1n) is 13.3. The van der Waals surface area contributed by atoms with E-state index in [1.807, 2.05) is 13.8 Å². The number of rotatable bonds is 6. The number of hydrogen-bond donors (Lipinski definition) is 0. The topological polar surface area (TPSA) is 9.23 Å². The van der Waals surface area contributed by atoms with Crippen molar-refractivity contribution in [2.75, 3.05) is 12.5 Å². The Kier molecular flexibility index (Phi) is 12.2. The lowest BCUT2D eigenvalue weighted by Gasteiger charge is -2.44. The van der Waals surface area contributed by atoms with Gasteiger partial charge in [0.05, 0.1) is 0 Å². The lowest BCUT2D eigenvalue weighted by Crippen LogP contribution is -2.81. The molecule has 4 aromatic rings. The fourth-order valence-electron chi connectivity index (χ4n) is 5.26. The van der Waals surface area contributed by atoms with Crippen LogP contribution in [0.3, 0.4) is 0 Å². The molecule has 0 aliphatic rings. The highest BCUT2D eigenvalue weighted by Gasteiger charge is 2.52. The van der Waals surface area contributed by atoms with Crippen LogP contribution in [0.4, 0.5) is 87.8 Å². The summed E-state index contributed by atoms with van der Waals surface area (Å²) < 4.78 is 299. The summed E-state index contributed by atoms with van der Waals surface area (Å²) >= 11 is 0.154. The van der Waals surface area contributed by atoms with Gasteiger partial charge in [-0.05, 0) is 13.8 Å². The average Bonchev–Trinajstić information content (AvgIpc) is 3.07. The zero-order chi connectivity index (χ0) is 40.2. The Hall–Kier alpha value is -4.15. The third-order valence-electron chi connectivity index (χ3n) is 7.09. The Morgan fingerprint density at radius 1 is 0.308 bits per heavy atom. The molecule has 0 fully saturated rings. The Morgan fingerprint density at radius 3 is 0.538 bits per heavy atom. The predicted molar refractivity (Wildman–Crippen MR) is 145 cm³/mol. The molecule has 4 rings (SSSR count). The van der Waals surface area contributed by atoms with E-state index in [1.165, 1.54) is 0 Å². The minimum absolute atomic E-state index is 0.154. The third-order valence-corrected chi connectivity index (χ3v) is 7.86. The molecule has 0 aromatic heterocycles. The van der Waals surface area contributed by atoms with E-state index in [9.17, 15) is 52.7 Å². The molecule has 0 radical (unpaired) electrons. The van der Waals surface area contributed by atoms with Crippen molar-refractivity contribution >= 4 is 39.2 Å². The van der Waals surface area contributed by atoms with Gasteiger partial charge in [-0.3, -0.25) is 0 Å². The molecule has 0 spiro atoms. The SMILES string of the molecule is CC(C)O[S+](C)C.Fc1c(F)c(F)c([B-](c2c(F)c(F)c(F)c(F)c2F)(c2c(F)c(F)c(F)c(F)c2F)c2c(F)c(F)c(F)c(F)c2F)c(F)c1F. The van der Waals surface area contributed by atoms with Crippen LogP contribution in [0.25, 0.3) is 0 Å². The molecule has 0 heterocycles. The third kappa shape index (κ3) is 6.42. The van der Waals surface area contributed by atoms with Gasteiger partial charge in [0.15, 0.2) is 69.8 Å². The molecule has 52 heavy (non-hydrogen) atoms. The second-order valence-electron chi connectivity index (χ2n) is 10.7.